The molecule has 0 atom stereocenters. The number of pyridine rings is 1. The van der Waals surface area contributed by atoms with E-state index in [4.69, 9.17) is 4.98 Å². The lowest BCUT2D eigenvalue weighted by atomic mass is 9.99. The minimum Gasteiger partial charge on any atom is -0.253 e. The van der Waals surface area contributed by atoms with Gasteiger partial charge in [-0.25, -0.2) is 0 Å². The Balaban J connectivity index is 2.03. The number of hydrogen-bond donors (Lipinski definition) is 0. The van der Waals surface area contributed by atoms with Gasteiger partial charge < -0.3 is 0 Å². The molecule has 0 N–H and O–H groups in total. The Kier molecular flexibility index (Phi) is 5.25. The summed E-state index contributed by atoms with van der Waals surface area (Å²) in [4.78, 5) is 4.70. The van der Waals surface area contributed by atoms with E-state index >= 15 is 0 Å². The molecular weight excluding hydrogens is 302 g/mol. The number of rotatable bonds is 4. The average molecular weight is 325 g/mol. The Morgan fingerprint density at radius 2 is 1.56 bits per heavy atom. The second-order valence-corrected chi connectivity index (χ2v) is 6.20. The van der Waals surface area contributed by atoms with E-state index in [-0.39, 0.29) is 0 Å². The first kappa shape index (κ1) is 16.9. The minimum atomic E-state index is 1.02. The summed E-state index contributed by atoms with van der Waals surface area (Å²) in [6, 6.07) is 23.1. The molecule has 0 radical (unpaired) electrons. The molecule has 0 amide bonds. The first-order valence-electron chi connectivity index (χ1n) is 8.62. The van der Waals surface area contributed by atoms with Gasteiger partial charge in [0.25, 0.3) is 0 Å². The Hall–Kier alpha value is -2.93. The number of aryl methyl sites for hydroxylation is 1. The van der Waals surface area contributed by atoms with Crippen LogP contribution in [0.25, 0.3) is 29.0 Å². The molecule has 0 bridgehead atoms. The van der Waals surface area contributed by atoms with Crippen LogP contribution in [0.3, 0.4) is 0 Å². The first-order chi connectivity index (χ1) is 12.2. The highest BCUT2D eigenvalue weighted by molar-refractivity contribution is 5.84. The molecule has 1 nitrogen and oxygen atoms in total. The van der Waals surface area contributed by atoms with Crippen LogP contribution in [0.4, 0.5) is 0 Å². The highest BCUT2D eigenvalue weighted by Crippen LogP contribution is 2.25. The summed E-state index contributed by atoms with van der Waals surface area (Å²) in [5.41, 5.74) is 8.11. The van der Waals surface area contributed by atoms with Crippen LogP contribution in [0, 0.1) is 6.92 Å². The lowest BCUT2D eigenvalue weighted by Gasteiger charge is -2.09. The monoisotopic (exact) mass is 325 g/mol. The Morgan fingerprint density at radius 3 is 2.28 bits per heavy atom. The standard InChI is InChI=1S/C24H23N/c1-4-10-20-11-8-9-14-22(20)15-18(2)23-16-19(3)25-24(17-23)21-12-6-5-7-13-21/h4-17H,1-3H3/b10-4-,18-15+. The van der Waals surface area contributed by atoms with Gasteiger partial charge in [0.15, 0.2) is 0 Å². The maximum atomic E-state index is 4.70. The van der Waals surface area contributed by atoms with E-state index in [1.165, 1.54) is 22.3 Å². The summed E-state index contributed by atoms with van der Waals surface area (Å²) in [5, 5.41) is 0. The number of nitrogens with zero attached hydrogens (tertiary/aromatic N) is 1. The summed E-state index contributed by atoms with van der Waals surface area (Å²) >= 11 is 0. The number of aromatic nitrogens is 1. The topological polar surface area (TPSA) is 12.9 Å². The lowest BCUT2D eigenvalue weighted by molar-refractivity contribution is 1.20. The van der Waals surface area contributed by atoms with Gasteiger partial charge >= 0.3 is 0 Å². The van der Waals surface area contributed by atoms with Crippen molar-refractivity contribution in [3.8, 4) is 11.3 Å². The van der Waals surface area contributed by atoms with Crippen LogP contribution in [0.15, 0.2) is 72.8 Å². The van der Waals surface area contributed by atoms with E-state index in [2.05, 4.69) is 92.7 Å². The number of benzene rings is 2. The quantitative estimate of drug-likeness (QED) is 0.523. The fraction of sp³-hybridized carbons (Fsp3) is 0.125. The second kappa shape index (κ2) is 7.76. The molecule has 3 rings (SSSR count). The third-order valence-electron chi connectivity index (χ3n) is 4.19. The maximum Gasteiger partial charge on any atom is 0.0711 e. The second-order valence-electron chi connectivity index (χ2n) is 6.20. The summed E-state index contributed by atoms with van der Waals surface area (Å²) in [6.07, 6.45) is 6.47. The van der Waals surface area contributed by atoms with E-state index in [0.717, 1.165) is 17.0 Å². The largest absolute Gasteiger partial charge is 0.253 e. The van der Waals surface area contributed by atoms with Crippen molar-refractivity contribution in [2.24, 2.45) is 0 Å². The normalized spacial score (nSPS) is 11.9. The molecule has 0 fully saturated rings. The van der Waals surface area contributed by atoms with Crippen LogP contribution in [0.2, 0.25) is 0 Å². The molecular formula is C24H23N. The van der Waals surface area contributed by atoms with E-state index in [1.54, 1.807) is 0 Å². The van der Waals surface area contributed by atoms with Crippen molar-refractivity contribution < 1.29 is 0 Å². The molecule has 0 spiro atoms. The van der Waals surface area contributed by atoms with E-state index in [0.29, 0.717) is 0 Å². The molecule has 0 aliphatic heterocycles. The van der Waals surface area contributed by atoms with Crippen molar-refractivity contribution in [2.45, 2.75) is 20.8 Å². The van der Waals surface area contributed by atoms with Crippen molar-refractivity contribution in [3.05, 3.63) is 95.2 Å². The number of hydrogen-bond acceptors (Lipinski definition) is 1. The Labute approximate surface area is 150 Å². The van der Waals surface area contributed by atoms with E-state index in [9.17, 15) is 0 Å². The first-order valence-corrected chi connectivity index (χ1v) is 8.62. The molecule has 0 saturated carbocycles. The van der Waals surface area contributed by atoms with Crippen LogP contribution in [0.1, 0.15) is 36.2 Å². The molecule has 2 aromatic carbocycles. The van der Waals surface area contributed by atoms with Gasteiger partial charge in [0.05, 0.1) is 5.69 Å². The van der Waals surface area contributed by atoms with Gasteiger partial charge in [0, 0.05) is 11.3 Å². The van der Waals surface area contributed by atoms with Crippen LogP contribution in [0.5, 0.6) is 0 Å². The number of allylic oxidation sites excluding steroid dienone is 2. The third-order valence-corrected chi connectivity index (χ3v) is 4.19. The molecule has 1 heteroatoms. The fourth-order valence-corrected chi connectivity index (χ4v) is 2.94. The third kappa shape index (κ3) is 4.13. The average Bonchev–Trinajstić information content (AvgIpc) is 2.64. The molecule has 1 aromatic heterocycles. The molecule has 0 aliphatic rings. The van der Waals surface area contributed by atoms with Crippen molar-refractivity contribution in [1.82, 2.24) is 4.98 Å². The van der Waals surface area contributed by atoms with Crippen LogP contribution >= 0.6 is 0 Å². The molecule has 0 aliphatic carbocycles. The molecule has 0 unspecified atom stereocenters. The van der Waals surface area contributed by atoms with Gasteiger partial charge in [-0.1, -0.05) is 72.8 Å². The van der Waals surface area contributed by atoms with Gasteiger partial charge in [0.2, 0.25) is 0 Å². The lowest BCUT2D eigenvalue weighted by Crippen LogP contribution is -1.91. The van der Waals surface area contributed by atoms with Gasteiger partial charge in [-0.05, 0) is 55.2 Å². The fourth-order valence-electron chi connectivity index (χ4n) is 2.94. The van der Waals surface area contributed by atoms with Gasteiger partial charge in [0.1, 0.15) is 0 Å². The van der Waals surface area contributed by atoms with Crippen LogP contribution in [-0.2, 0) is 0 Å². The van der Waals surface area contributed by atoms with Gasteiger partial charge in [-0.2, -0.15) is 0 Å². The molecule has 3 aromatic rings. The summed E-state index contributed by atoms with van der Waals surface area (Å²) in [6.45, 7) is 6.26. The Bertz CT molecular complexity index is 918. The zero-order valence-corrected chi connectivity index (χ0v) is 15.0. The highest BCUT2D eigenvalue weighted by Gasteiger charge is 2.05. The predicted molar refractivity (Wildman–Crippen MR) is 109 cm³/mol. The zero-order chi connectivity index (χ0) is 17.6. The predicted octanol–water partition coefficient (Wildman–Crippen LogP) is 6.65. The van der Waals surface area contributed by atoms with Crippen LogP contribution < -0.4 is 0 Å². The zero-order valence-electron chi connectivity index (χ0n) is 15.0. The van der Waals surface area contributed by atoms with Crippen molar-refractivity contribution >= 4 is 17.7 Å². The smallest absolute Gasteiger partial charge is 0.0711 e. The molecule has 124 valence electrons. The summed E-state index contributed by atoms with van der Waals surface area (Å²) in [5.74, 6) is 0. The van der Waals surface area contributed by atoms with Crippen molar-refractivity contribution in [3.63, 3.8) is 0 Å². The molecule has 1 heterocycles. The van der Waals surface area contributed by atoms with Gasteiger partial charge in [-0.3, -0.25) is 4.98 Å². The highest BCUT2D eigenvalue weighted by atomic mass is 14.7. The summed E-state index contributed by atoms with van der Waals surface area (Å²) in [7, 11) is 0. The maximum absolute atomic E-state index is 4.70. The van der Waals surface area contributed by atoms with Crippen LogP contribution in [-0.4, -0.2) is 4.98 Å². The minimum absolute atomic E-state index is 1.02. The molecule has 0 saturated heterocycles. The van der Waals surface area contributed by atoms with Crippen molar-refractivity contribution in [1.29, 1.82) is 0 Å². The summed E-state index contributed by atoms with van der Waals surface area (Å²) < 4.78 is 0. The molecule has 25 heavy (non-hydrogen) atoms. The van der Waals surface area contributed by atoms with Gasteiger partial charge in [-0.15, -0.1) is 0 Å². The van der Waals surface area contributed by atoms with Crippen molar-refractivity contribution in [2.75, 3.05) is 0 Å². The van der Waals surface area contributed by atoms with E-state index in [1.807, 2.05) is 13.0 Å². The Morgan fingerprint density at radius 1 is 0.880 bits per heavy atom. The van der Waals surface area contributed by atoms with E-state index < -0.39 is 0 Å². The SMILES string of the molecule is C/C=C\c1ccccc1/C=C(\C)c1cc(C)nc(-c2ccccc2)c1.